The predicted octanol–water partition coefficient (Wildman–Crippen LogP) is 3.84. The molecule has 1 atom stereocenters. The molecule has 5 heteroatoms. The average molecular weight is 360 g/mol. The lowest BCUT2D eigenvalue weighted by Gasteiger charge is -2.17. The molecule has 1 aliphatic heterocycles. The van der Waals surface area contributed by atoms with Gasteiger partial charge in [-0.3, -0.25) is 9.59 Å². The SMILES string of the molecule is COc1cccc(N2C[C@H](C(=O)Nc3ccc4ccccc4c3)CC2=O)c1. The number of benzene rings is 3. The lowest BCUT2D eigenvalue weighted by Crippen LogP contribution is -2.28. The van der Waals surface area contributed by atoms with Gasteiger partial charge >= 0.3 is 0 Å². The van der Waals surface area contributed by atoms with Gasteiger partial charge < -0.3 is 15.0 Å². The first-order chi connectivity index (χ1) is 13.1. The maximum atomic E-state index is 12.7. The monoisotopic (exact) mass is 360 g/mol. The zero-order valence-corrected chi connectivity index (χ0v) is 15.0. The van der Waals surface area contributed by atoms with Crippen LogP contribution in [0.15, 0.2) is 66.7 Å². The summed E-state index contributed by atoms with van der Waals surface area (Å²) in [6.07, 6.45) is 0.205. The van der Waals surface area contributed by atoms with Crippen LogP contribution < -0.4 is 15.0 Å². The molecule has 5 nitrogen and oxygen atoms in total. The number of anilines is 2. The first-order valence-electron chi connectivity index (χ1n) is 8.88. The van der Waals surface area contributed by atoms with E-state index in [-0.39, 0.29) is 24.2 Å². The highest BCUT2D eigenvalue weighted by molar-refractivity contribution is 6.04. The fourth-order valence-electron chi connectivity index (χ4n) is 3.42. The van der Waals surface area contributed by atoms with E-state index in [0.29, 0.717) is 12.3 Å². The molecule has 0 spiro atoms. The molecule has 3 aromatic rings. The van der Waals surface area contributed by atoms with Crippen molar-refractivity contribution in [3.8, 4) is 5.75 Å². The van der Waals surface area contributed by atoms with Gasteiger partial charge in [0.15, 0.2) is 0 Å². The molecular formula is C22H20N2O3. The summed E-state index contributed by atoms with van der Waals surface area (Å²) in [5, 5.41) is 5.14. The zero-order valence-electron chi connectivity index (χ0n) is 15.0. The van der Waals surface area contributed by atoms with E-state index >= 15 is 0 Å². The summed E-state index contributed by atoms with van der Waals surface area (Å²) >= 11 is 0. The molecule has 0 bridgehead atoms. The largest absolute Gasteiger partial charge is 0.497 e. The summed E-state index contributed by atoms with van der Waals surface area (Å²) in [5.74, 6) is 0.116. The van der Waals surface area contributed by atoms with Gasteiger partial charge in [0.05, 0.1) is 13.0 Å². The zero-order chi connectivity index (χ0) is 18.8. The molecule has 0 aliphatic carbocycles. The smallest absolute Gasteiger partial charge is 0.229 e. The number of amides is 2. The van der Waals surface area contributed by atoms with Crippen LogP contribution in [0.25, 0.3) is 10.8 Å². The van der Waals surface area contributed by atoms with Crippen LogP contribution in [0.5, 0.6) is 5.75 Å². The topological polar surface area (TPSA) is 58.6 Å². The first-order valence-corrected chi connectivity index (χ1v) is 8.88. The highest BCUT2D eigenvalue weighted by Gasteiger charge is 2.35. The Hall–Kier alpha value is -3.34. The van der Waals surface area contributed by atoms with E-state index in [2.05, 4.69) is 5.32 Å². The van der Waals surface area contributed by atoms with Crippen LogP contribution in [0, 0.1) is 5.92 Å². The number of carbonyl (C=O) groups excluding carboxylic acids is 2. The Kier molecular flexibility index (Phi) is 4.50. The Morgan fingerprint density at radius 1 is 1.04 bits per heavy atom. The van der Waals surface area contributed by atoms with Gasteiger partial charge in [-0.2, -0.15) is 0 Å². The molecule has 27 heavy (non-hydrogen) atoms. The van der Waals surface area contributed by atoms with E-state index in [1.165, 1.54) is 0 Å². The number of hydrogen-bond donors (Lipinski definition) is 1. The highest BCUT2D eigenvalue weighted by Crippen LogP contribution is 2.29. The maximum absolute atomic E-state index is 12.7. The van der Waals surface area contributed by atoms with E-state index in [0.717, 1.165) is 22.1 Å². The van der Waals surface area contributed by atoms with E-state index in [1.54, 1.807) is 12.0 Å². The van der Waals surface area contributed by atoms with Crippen molar-refractivity contribution in [2.45, 2.75) is 6.42 Å². The molecule has 0 unspecified atom stereocenters. The van der Waals surface area contributed by atoms with Crippen LogP contribution in [-0.4, -0.2) is 25.5 Å². The second-order valence-electron chi connectivity index (χ2n) is 6.66. The normalized spacial score (nSPS) is 16.6. The molecule has 1 aliphatic rings. The second kappa shape index (κ2) is 7.11. The first kappa shape index (κ1) is 17.1. The molecule has 0 saturated carbocycles. The summed E-state index contributed by atoms with van der Waals surface area (Å²) < 4.78 is 5.22. The lowest BCUT2D eigenvalue weighted by atomic mass is 10.1. The number of hydrogen-bond acceptors (Lipinski definition) is 3. The van der Waals surface area contributed by atoms with Crippen molar-refractivity contribution < 1.29 is 14.3 Å². The molecule has 1 N–H and O–H groups in total. The number of carbonyl (C=O) groups is 2. The van der Waals surface area contributed by atoms with Gasteiger partial charge in [0.2, 0.25) is 11.8 Å². The summed E-state index contributed by atoms with van der Waals surface area (Å²) in [5.41, 5.74) is 1.49. The Labute approximate surface area is 157 Å². The number of rotatable bonds is 4. The van der Waals surface area contributed by atoms with Gasteiger partial charge in [-0.1, -0.05) is 36.4 Å². The average Bonchev–Trinajstić information content (AvgIpc) is 3.10. The minimum absolute atomic E-state index is 0.0538. The summed E-state index contributed by atoms with van der Waals surface area (Å²) in [7, 11) is 1.59. The molecule has 1 heterocycles. The van der Waals surface area contributed by atoms with Crippen LogP contribution in [0.3, 0.4) is 0 Å². The second-order valence-corrected chi connectivity index (χ2v) is 6.66. The van der Waals surface area contributed by atoms with E-state index in [4.69, 9.17) is 4.74 Å². The quantitative estimate of drug-likeness (QED) is 0.769. The summed E-state index contributed by atoms with van der Waals surface area (Å²) in [4.78, 5) is 26.7. The van der Waals surface area contributed by atoms with Crippen molar-refractivity contribution >= 4 is 34.0 Å². The number of methoxy groups -OCH3 is 1. The van der Waals surface area contributed by atoms with Gasteiger partial charge in [0.1, 0.15) is 5.75 Å². The standard InChI is InChI=1S/C22H20N2O3/c1-27-20-8-4-7-19(13-20)24-14-17(12-21(24)25)22(26)23-18-10-9-15-5-2-3-6-16(15)11-18/h2-11,13,17H,12,14H2,1H3,(H,23,26)/t17-/m1/s1. The van der Waals surface area contributed by atoms with Gasteiger partial charge in [-0.25, -0.2) is 0 Å². The highest BCUT2D eigenvalue weighted by atomic mass is 16.5. The fraction of sp³-hybridized carbons (Fsp3) is 0.182. The summed E-state index contributed by atoms with van der Waals surface area (Å²) in [6.45, 7) is 0.366. The third-order valence-electron chi connectivity index (χ3n) is 4.88. The third kappa shape index (κ3) is 3.49. The molecule has 1 fully saturated rings. The predicted molar refractivity (Wildman–Crippen MR) is 106 cm³/mol. The van der Waals surface area contributed by atoms with E-state index in [1.807, 2.05) is 66.7 Å². The van der Waals surface area contributed by atoms with Crippen molar-refractivity contribution in [3.63, 3.8) is 0 Å². The fourth-order valence-corrected chi connectivity index (χ4v) is 3.42. The molecule has 4 rings (SSSR count). The van der Waals surface area contributed by atoms with Crippen LogP contribution >= 0.6 is 0 Å². The molecule has 0 aromatic heterocycles. The molecule has 2 amide bonds. The van der Waals surface area contributed by atoms with Crippen molar-refractivity contribution in [2.24, 2.45) is 5.92 Å². The minimum Gasteiger partial charge on any atom is -0.497 e. The maximum Gasteiger partial charge on any atom is 0.229 e. The van der Waals surface area contributed by atoms with E-state index < -0.39 is 0 Å². The van der Waals surface area contributed by atoms with Crippen molar-refractivity contribution in [3.05, 3.63) is 66.7 Å². The van der Waals surface area contributed by atoms with Crippen LogP contribution in [-0.2, 0) is 9.59 Å². The van der Waals surface area contributed by atoms with Gasteiger partial charge in [0.25, 0.3) is 0 Å². The Morgan fingerprint density at radius 2 is 1.85 bits per heavy atom. The number of nitrogens with one attached hydrogen (secondary N) is 1. The third-order valence-corrected chi connectivity index (χ3v) is 4.88. The van der Waals surface area contributed by atoms with Crippen molar-refractivity contribution in [2.75, 3.05) is 23.9 Å². The Bertz CT molecular complexity index is 1020. The molecule has 1 saturated heterocycles. The number of fused-ring (bicyclic) bond motifs is 1. The Balaban J connectivity index is 1.48. The van der Waals surface area contributed by atoms with Crippen LogP contribution in [0.1, 0.15) is 6.42 Å². The molecule has 0 radical (unpaired) electrons. The number of nitrogens with zero attached hydrogens (tertiary/aromatic N) is 1. The lowest BCUT2D eigenvalue weighted by molar-refractivity contribution is -0.122. The van der Waals surface area contributed by atoms with Gasteiger partial charge in [0, 0.05) is 30.4 Å². The van der Waals surface area contributed by atoms with Crippen molar-refractivity contribution in [1.29, 1.82) is 0 Å². The Morgan fingerprint density at radius 3 is 2.67 bits per heavy atom. The van der Waals surface area contributed by atoms with Crippen LogP contribution in [0.4, 0.5) is 11.4 Å². The minimum atomic E-state index is -0.379. The molecule has 136 valence electrons. The van der Waals surface area contributed by atoms with Gasteiger partial charge in [-0.15, -0.1) is 0 Å². The van der Waals surface area contributed by atoms with Gasteiger partial charge in [-0.05, 0) is 35.0 Å². The molecular weight excluding hydrogens is 340 g/mol. The summed E-state index contributed by atoms with van der Waals surface area (Å²) in [6, 6.07) is 21.1. The number of ether oxygens (including phenoxy) is 1. The van der Waals surface area contributed by atoms with Crippen molar-refractivity contribution in [1.82, 2.24) is 0 Å². The van der Waals surface area contributed by atoms with Crippen LogP contribution in [0.2, 0.25) is 0 Å². The molecule has 3 aromatic carbocycles. The van der Waals surface area contributed by atoms with E-state index in [9.17, 15) is 9.59 Å².